The number of allylic oxidation sites excluding steroid dienone is 5. The van der Waals surface area contributed by atoms with E-state index < -0.39 is 0 Å². The molecule has 0 saturated heterocycles. The van der Waals surface area contributed by atoms with Crippen LogP contribution in [0, 0.1) is 11.3 Å². The zero-order valence-electron chi connectivity index (χ0n) is 18.9. The third-order valence-electron chi connectivity index (χ3n) is 8.91. The molecule has 0 nitrogen and oxygen atoms in total. The monoisotopic (exact) mass is 540 g/mol. The molecule has 4 rings (SSSR count). The Bertz CT molecular complexity index is 871. The number of rotatable bonds is 3. The molecule has 3 aliphatic rings. The van der Waals surface area contributed by atoms with Crippen molar-refractivity contribution >= 4 is 6.08 Å². The van der Waals surface area contributed by atoms with Crippen molar-refractivity contribution in [3.05, 3.63) is 62.8 Å². The average molecular weight is 539 g/mol. The number of aryl methyl sites for hydroxylation is 1. The molecule has 1 aromatic carbocycles. The minimum Gasteiger partial charge on any atom is -0.0719 e. The van der Waals surface area contributed by atoms with Gasteiger partial charge in [0.1, 0.15) is 0 Å². The van der Waals surface area contributed by atoms with E-state index in [2.05, 4.69) is 72.8 Å². The number of hydrogen-bond acceptors (Lipinski definition) is 0. The van der Waals surface area contributed by atoms with Crippen LogP contribution in [0.1, 0.15) is 90.0 Å². The summed E-state index contributed by atoms with van der Waals surface area (Å²) in [5.74, 6) is 0.608. The largest absolute Gasteiger partial charge is 0.0719 e. The summed E-state index contributed by atoms with van der Waals surface area (Å²) >= 11 is 0. The van der Waals surface area contributed by atoms with Crippen LogP contribution in [0.4, 0.5) is 0 Å². The van der Waals surface area contributed by atoms with Crippen molar-refractivity contribution < 1.29 is 25.8 Å². The van der Waals surface area contributed by atoms with Crippen molar-refractivity contribution in [3.8, 4) is 0 Å². The summed E-state index contributed by atoms with van der Waals surface area (Å²) in [6, 6.07) is 4.83. The average Bonchev–Trinajstić information content (AvgIpc) is 3.17. The molecule has 0 aliphatic heterocycles. The van der Waals surface area contributed by atoms with Gasteiger partial charge < -0.3 is 0 Å². The van der Waals surface area contributed by atoms with Crippen LogP contribution in [0.5, 0.6) is 0 Å². The normalized spacial score (nSPS) is 26.2. The van der Waals surface area contributed by atoms with Crippen molar-refractivity contribution in [2.75, 3.05) is 0 Å². The molecule has 28 heavy (non-hydrogen) atoms. The molecule has 3 aliphatic carbocycles. The van der Waals surface area contributed by atoms with E-state index in [9.17, 15) is 0 Å². The molecule has 0 bridgehead atoms. The zero-order valence-corrected chi connectivity index (χ0v) is 22.5. The Kier molecular flexibility index (Phi) is 5.92. The summed E-state index contributed by atoms with van der Waals surface area (Å²) in [5, 5.41) is 0. The van der Waals surface area contributed by atoms with Crippen molar-refractivity contribution in [1.29, 1.82) is 0 Å². The van der Waals surface area contributed by atoms with E-state index in [0.717, 1.165) is 0 Å². The van der Waals surface area contributed by atoms with Gasteiger partial charge >= 0.3 is 0 Å². The van der Waals surface area contributed by atoms with Crippen molar-refractivity contribution in [2.45, 2.75) is 86.0 Å². The second-order valence-electron chi connectivity index (χ2n) is 9.51. The van der Waals surface area contributed by atoms with Gasteiger partial charge in [0, 0.05) is 36.7 Å². The maximum absolute atomic E-state index is 2.61. The smallest absolute Gasteiger partial charge is 0.0298 e. The van der Waals surface area contributed by atoms with Crippen LogP contribution >= 0.6 is 0 Å². The Hall–Kier alpha value is -0.690. The number of hydrogen-bond donors (Lipinski definition) is 0. The fourth-order valence-corrected chi connectivity index (χ4v) is 6.63. The molecule has 0 aromatic heterocycles. The Morgan fingerprint density at radius 1 is 0.964 bits per heavy atom. The second-order valence-corrected chi connectivity index (χ2v) is 9.51. The molecule has 0 N–H and O–H groups in total. The molecule has 2 atom stereocenters. The Morgan fingerprint density at radius 3 is 2.18 bits per heavy atom. The first-order valence-corrected chi connectivity index (χ1v) is 11.0. The molecular formula is C27H36Hf. The molecule has 0 fully saturated rings. The first-order valence-electron chi connectivity index (χ1n) is 11.0. The topological polar surface area (TPSA) is 0 Å². The molecular weight excluding hydrogens is 503 g/mol. The molecule has 1 heteroatoms. The summed E-state index contributed by atoms with van der Waals surface area (Å²) in [7, 11) is 0. The van der Waals surface area contributed by atoms with Gasteiger partial charge in [0.25, 0.3) is 0 Å². The zero-order chi connectivity index (χ0) is 19.6. The van der Waals surface area contributed by atoms with Crippen LogP contribution < -0.4 is 0 Å². The molecule has 2 unspecified atom stereocenters. The van der Waals surface area contributed by atoms with Gasteiger partial charge in [-0.2, -0.15) is 0 Å². The molecule has 0 heterocycles. The first kappa shape index (κ1) is 22.0. The van der Waals surface area contributed by atoms with Gasteiger partial charge in [0.05, 0.1) is 0 Å². The van der Waals surface area contributed by atoms with Gasteiger partial charge in [0.2, 0.25) is 0 Å². The van der Waals surface area contributed by atoms with Crippen molar-refractivity contribution in [2.24, 2.45) is 11.3 Å². The Balaban J connectivity index is 0.00000225. The molecule has 0 spiro atoms. The predicted octanol–water partition coefficient (Wildman–Crippen LogP) is 7.57. The Labute approximate surface area is 191 Å². The molecule has 0 amide bonds. The summed E-state index contributed by atoms with van der Waals surface area (Å²) in [6.45, 7) is 16.9. The Morgan fingerprint density at radius 2 is 1.57 bits per heavy atom. The fraction of sp³-hybridized carbons (Fsp3) is 0.556. The molecule has 0 radical (unpaired) electrons. The van der Waals surface area contributed by atoms with Crippen LogP contribution in [0.25, 0.3) is 6.08 Å². The second kappa shape index (κ2) is 7.53. The summed E-state index contributed by atoms with van der Waals surface area (Å²) in [6.07, 6.45) is 11.5. The minimum absolute atomic E-state index is 0. The molecule has 1 aromatic rings. The van der Waals surface area contributed by atoms with Crippen molar-refractivity contribution in [1.82, 2.24) is 0 Å². The van der Waals surface area contributed by atoms with E-state index in [4.69, 9.17) is 0 Å². The molecule has 148 valence electrons. The third kappa shape index (κ3) is 2.57. The third-order valence-corrected chi connectivity index (χ3v) is 8.91. The quantitative estimate of drug-likeness (QED) is 0.348. The van der Waals surface area contributed by atoms with E-state index in [1.165, 1.54) is 48.8 Å². The summed E-state index contributed by atoms with van der Waals surface area (Å²) in [5.41, 5.74) is 12.8. The predicted molar refractivity (Wildman–Crippen MR) is 118 cm³/mol. The maximum Gasteiger partial charge on any atom is 0.0298 e. The van der Waals surface area contributed by atoms with E-state index in [1.807, 2.05) is 0 Å². The van der Waals surface area contributed by atoms with Gasteiger partial charge in [-0.3, -0.25) is 0 Å². The van der Waals surface area contributed by atoms with Gasteiger partial charge in [-0.15, -0.1) is 0 Å². The maximum atomic E-state index is 2.61. The van der Waals surface area contributed by atoms with Crippen LogP contribution in [0.2, 0.25) is 0 Å². The van der Waals surface area contributed by atoms with Gasteiger partial charge in [-0.05, 0) is 92.7 Å². The number of benzene rings is 1. The molecule has 0 saturated carbocycles. The number of fused-ring (bicyclic) bond motifs is 3. The van der Waals surface area contributed by atoms with E-state index in [1.54, 1.807) is 27.8 Å². The van der Waals surface area contributed by atoms with Crippen molar-refractivity contribution in [3.63, 3.8) is 0 Å². The van der Waals surface area contributed by atoms with Crippen LogP contribution in [-0.4, -0.2) is 0 Å². The van der Waals surface area contributed by atoms with E-state index in [0.29, 0.717) is 5.92 Å². The SMILES string of the molecule is CCC(C)C1(C2(C)C(C)=C(C)C(C)=C2C)C=Cc2ccc3c(c21)CCCC3.[Hf]. The van der Waals surface area contributed by atoms with E-state index >= 15 is 0 Å². The van der Waals surface area contributed by atoms with Crippen LogP contribution in [0.15, 0.2) is 40.5 Å². The van der Waals surface area contributed by atoms with Gasteiger partial charge in [-0.25, -0.2) is 0 Å². The van der Waals surface area contributed by atoms with E-state index in [-0.39, 0.29) is 36.7 Å². The minimum atomic E-state index is 0. The summed E-state index contributed by atoms with van der Waals surface area (Å²) in [4.78, 5) is 0. The van der Waals surface area contributed by atoms with Crippen LogP contribution in [-0.2, 0) is 44.1 Å². The fourth-order valence-electron chi connectivity index (χ4n) is 6.63. The van der Waals surface area contributed by atoms with Gasteiger partial charge in [0.15, 0.2) is 0 Å². The van der Waals surface area contributed by atoms with Gasteiger partial charge in [-0.1, -0.05) is 62.6 Å². The standard InChI is InChI=1S/C27H36.Hf/c1-8-17(2)27(26(7)20(5)18(3)19(4)21(26)6)16-15-23-14-13-22-11-9-10-12-24(22)25(23)27;/h13-17H,8-12H2,1-7H3;. The summed E-state index contributed by atoms with van der Waals surface area (Å²) < 4.78 is 0. The first-order chi connectivity index (χ1) is 12.8. The van der Waals surface area contributed by atoms with Crippen LogP contribution in [0.3, 0.4) is 0 Å².